The van der Waals surface area contributed by atoms with Crippen LogP contribution in [0.5, 0.6) is 0 Å². The lowest BCUT2D eigenvalue weighted by Crippen LogP contribution is -2.39. The van der Waals surface area contributed by atoms with Gasteiger partial charge in [-0.3, -0.25) is 0 Å². The average Bonchev–Trinajstić information content (AvgIpc) is 2.49. The maximum atomic E-state index is 12.8. The minimum atomic E-state index is -4.56. The maximum absolute atomic E-state index is 12.8. The Kier molecular flexibility index (Phi) is 6.12. The van der Waals surface area contributed by atoms with Crippen molar-refractivity contribution in [2.75, 3.05) is 31.5 Å². The second kappa shape index (κ2) is 7.88. The molecule has 0 atom stereocenters. The Hall–Kier alpha value is -1.47. The number of rotatable bonds is 4. The molecule has 8 heteroatoms. The number of likely N-dealkylation sites (tertiary alicyclic amines) is 1. The van der Waals surface area contributed by atoms with Gasteiger partial charge in [0.25, 0.3) is 0 Å². The van der Waals surface area contributed by atoms with E-state index in [-0.39, 0.29) is 5.69 Å². The van der Waals surface area contributed by atoms with Gasteiger partial charge in [0.05, 0.1) is 10.6 Å². The number of piperidine rings is 1. The van der Waals surface area contributed by atoms with E-state index in [0.29, 0.717) is 6.54 Å². The normalized spacial score (nSPS) is 16.2. The Morgan fingerprint density at radius 3 is 2.57 bits per heavy atom. The molecular formula is C15H19ClF3N3O. The molecular weight excluding hydrogens is 331 g/mol. The summed E-state index contributed by atoms with van der Waals surface area (Å²) in [7, 11) is 0. The second-order valence-corrected chi connectivity index (χ2v) is 5.88. The summed E-state index contributed by atoms with van der Waals surface area (Å²) in [6.45, 7) is 3.23. The van der Waals surface area contributed by atoms with Gasteiger partial charge in [-0.05, 0) is 44.1 Å². The van der Waals surface area contributed by atoms with Crippen LogP contribution in [0.15, 0.2) is 18.2 Å². The molecule has 1 aromatic rings. The summed E-state index contributed by atoms with van der Waals surface area (Å²) >= 11 is 5.53. The van der Waals surface area contributed by atoms with Crippen LogP contribution in [0, 0.1) is 0 Å². The van der Waals surface area contributed by atoms with E-state index in [2.05, 4.69) is 15.5 Å². The van der Waals surface area contributed by atoms with Crippen molar-refractivity contribution in [1.82, 2.24) is 10.2 Å². The molecule has 1 aromatic carbocycles. The van der Waals surface area contributed by atoms with Crippen LogP contribution in [0.4, 0.5) is 23.7 Å². The van der Waals surface area contributed by atoms with Crippen molar-refractivity contribution >= 4 is 23.3 Å². The number of hydrogen-bond acceptors (Lipinski definition) is 2. The summed E-state index contributed by atoms with van der Waals surface area (Å²) in [5, 5.41) is 4.64. The smallest absolute Gasteiger partial charge is 0.337 e. The molecule has 1 heterocycles. The number of nitrogens with zero attached hydrogens (tertiary/aromatic N) is 1. The van der Waals surface area contributed by atoms with Crippen molar-refractivity contribution in [1.29, 1.82) is 0 Å². The highest BCUT2D eigenvalue weighted by molar-refractivity contribution is 6.31. The zero-order chi connectivity index (χ0) is 16.9. The van der Waals surface area contributed by atoms with Gasteiger partial charge in [-0.25, -0.2) is 4.79 Å². The number of halogens is 4. The fourth-order valence-electron chi connectivity index (χ4n) is 2.51. The molecule has 2 rings (SSSR count). The van der Waals surface area contributed by atoms with Gasteiger partial charge >= 0.3 is 12.2 Å². The van der Waals surface area contributed by atoms with Crippen LogP contribution in [-0.4, -0.2) is 37.1 Å². The second-order valence-electron chi connectivity index (χ2n) is 5.48. The number of urea groups is 1. The van der Waals surface area contributed by atoms with Crippen molar-refractivity contribution in [2.24, 2.45) is 0 Å². The van der Waals surface area contributed by atoms with Gasteiger partial charge in [-0.2, -0.15) is 13.2 Å². The monoisotopic (exact) mass is 349 g/mol. The quantitative estimate of drug-likeness (QED) is 0.864. The van der Waals surface area contributed by atoms with Gasteiger partial charge < -0.3 is 15.5 Å². The standard InChI is InChI=1S/C15H19ClF3N3O/c16-13-5-4-11(10-12(13)15(17,18)19)21-14(23)20-6-9-22-7-2-1-3-8-22/h4-5,10H,1-3,6-9H2,(H2,20,21,23). The number of anilines is 1. The molecule has 0 aromatic heterocycles. The molecule has 0 unspecified atom stereocenters. The summed E-state index contributed by atoms with van der Waals surface area (Å²) < 4.78 is 38.3. The largest absolute Gasteiger partial charge is 0.417 e. The third-order valence-corrected chi connectivity index (χ3v) is 4.02. The SMILES string of the molecule is O=C(NCCN1CCCCC1)Nc1ccc(Cl)c(C(F)(F)F)c1. The van der Waals surface area contributed by atoms with Crippen molar-refractivity contribution in [3.63, 3.8) is 0 Å². The molecule has 2 amide bonds. The van der Waals surface area contributed by atoms with Crippen molar-refractivity contribution < 1.29 is 18.0 Å². The van der Waals surface area contributed by atoms with Crippen molar-refractivity contribution in [3.8, 4) is 0 Å². The highest BCUT2D eigenvalue weighted by Crippen LogP contribution is 2.36. The molecule has 0 spiro atoms. The fourth-order valence-corrected chi connectivity index (χ4v) is 2.73. The Labute approximate surface area is 138 Å². The molecule has 1 aliphatic heterocycles. The molecule has 0 saturated carbocycles. The molecule has 0 aliphatic carbocycles. The zero-order valence-electron chi connectivity index (χ0n) is 12.5. The topological polar surface area (TPSA) is 44.4 Å². The summed E-state index contributed by atoms with van der Waals surface area (Å²) in [6.07, 6.45) is -0.990. The number of nitrogens with one attached hydrogen (secondary N) is 2. The van der Waals surface area contributed by atoms with Crippen molar-refractivity contribution in [2.45, 2.75) is 25.4 Å². The van der Waals surface area contributed by atoms with Crippen LogP contribution in [0.2, 0.25) is 5.02 Å². The van der Waals surface area contributed by atoms with Gasteiger partial charge in [0.2, 0.25) is 0 Å². The summed E-state index contributed by atoms with van der Waals surface area (Å²) in [4.78, 5) is 14.0. The van der Waals surface area contributed by atoms with Crippen LogP contribution in [0.1, 0.15) is 24.8 Å². The number of benzene rings is 1. The number of carbonyl (C=O) groups is 1. The Bertz CT molecular complexity index is 545. The van der Waals surface area contributed by atoms with E-state index < -0.39 is 22.8 Å². The van der Waals surface area contributed by atoms with Gasteiger partial charge in [-0.1, -0.05) is 18.0 Å². The van der Waals surface area contributed by atoms with Crippen molar-refractivity contribution in [3.05, 3.63) is 28.8 Å². The first-order valence-electron chi connectivity index (χ1n) is 7.50. The first-order chi connectivity index (χ1) is 10.9. The van der Waals surface area contributed by atoms with Gasteiger partial charge in [0.15, 0.2) is 0 Å². The molecule has 128 valence electrons. The number of hydrogen-bond donors (Lipinski definition) is 2. The van der Waals surface area contributed by atoms with E-state index in [0.717, 1.165) is 44.6 Å². The third-order valence-electron chi connectivity index (χ3n) is 3.69. The van der Waals surface area contributed by atoms with Gasteiger partial charge in [0, 0.05) is 18.8 Å². The fraction of sp³-hybridized carbons (Fsp3) is 0.533. The van der Waals surface area contributed by atoms with Gasteiger partial charge in [-0.15, -0.1) is 0 Å². The van der Waals surface area contributed by atoms with E-state index in [9.17, 15) is 18.0 Å². The Morgan fingerprint density at radius 2 is 1.91 bits per heavy atom. The average molecular weight is 350 g/mol. The molecule has 1 aliphatic rings. The lowest BCUT2D eigenvalue weighted by atomic mass is 10.1. The number of carbonyl (C=O) groups excluding carboxylic acids is 1. The number of alkyl halides is 3. The molecule has 0 radical (unpaired) electrons. The maximum Gasteiger partial charge on any atom is 0.417 e. The first kappa shape index (κ1) is 17.9. The molecule has 0 bridgehead atoms. The molecule has 23 heavy (non-hydrogen) atoms. The van der Waals surface area contributed by atoms with E-state index in [1.54, 1.807) is 0 Å². The number of amides is 2. The van der Waals surface area contributed by atoms with Crippen LogP contribution in [-0.2, 0) is 6.18 Å². The molecule has 1 fully saturated rings. The lowest BCUT2D eigenvalue weighted by molar-refractivity contribution is -0.137. The Morgan fingerprint density at radius 1 is 1.22 bits per heavy atom. The molecule has 4 nitrogen and oxygen atoms in total. The lowest BCUT2D eigenvalue weighted by Gasteiger charge is -2.26. The Balaban J connectivity index is 1.83. The van der Waals surface area contributed by atoms with Crippen LogP contribution >= 0.6 is 11.6 Å². The molecule has 1 saturated heterocycles. The predicted molar refractivity (Wildman–Crippen MR) is 83.8 cm³/mol. The first-order valence-corrected chi connectivity index (χ1v) is 7.88. The summed E-state index contributed by atoms with van der Waals surface area (Å²) in [5.74, 6) is 0. The predicted octanol–water partition coefficient (Wildman–Crippen LogP) is 3.97. The van der Waals surface area contributed by atoms with E-state index >= 15 is 0 Å². The van der Waals surface area contributed by atoms with Crippen LogP contribution < -0.4 is 10.6 Å². The minimum absolute atomic E-state index is 0.0530. The zero-order valence-corrected chi connectivity index (χ0v) is 13.3. The van der Waals surface area contributed by atoms with E-state index in [1.165, 1.54) is 12.5 Å². The van der Waals surface area contributed by atoms with Crippen LogP contribution in [0.3, 0.4) is 0 Å². The highest BCUT2D eigenvalue weighted by atomic mass is 35.5. The van der Waals surface area contributed by atoms with E-state index in [4.69, 9.17) is 11.6 Å². The summed E-state index contributed by atoms with van der Waals surface area (Å²) in [6, 6.07) is 2.75. The summed E-state index contributed by atoms with van der Waals surface area (Å²) in [5.41, 5.74) is -0.914. The third kappa shape index (κ3) is 5.58. The van der Waals surface area contributed by atoms with Crippen LogP contribution in [0.25, 0.3) is 0 Å². The minimum Gasteiger partial charge on any atom is -0.337 e. The van der Waals surface area contributed by atoms with Gasteiger partial charge in [0.1, 0.15) is 0 Å². The highest BCUT2D eigenvalue weighted by Gasteiger charge is 2.33. The van der Waals surface area contributed by atoms with E-state index in [1.807, 2.05) is 0 Å². The molecule has 2 N–H and O–H groups in total.